The van der Waals surface area contributed by atoms with Crippen LogP contribution in [-0.2, 0) is 0 Å². The number of nitrogens with one attached hydrogen (secondary N) is 1. The molecule has 0 aliphatic rings. The maximum Gasteiger partial charge on any atom is 0.119 e. The Labute approximate surface area is 108 Å². The van der Waals surface area contributed by atoms with E-state index in [-0.39, 0.29) is 0 Å². The van der Waals surface area contributed by atoms with Crippen LogP contribution < -0.4 is 10.1 Å². The van der Waals surface area contributed by atoms with Gasteiger partial charge < -0.3 is 10.1 Å². The van der Waals surface area contributed by atoms with E-state index in [0.717, 1.165) is 29.2 Å². The summed E-state index contributed by atoms with van der Waals surface area (Å²) >= 11 is 0. The maximum atomic E-state index is 5.43. The van der Waals surface area contributed by atoms with Crippen LogP contribution in [0.4, 0.5) is 5.69 Å². The van der Waals surface area contributed by atoms with E-state index in [1.807, 2.05) is 43.5 Å². The second-order valence-corrected chi connectivity index (χ2v) is 3.92. The van der Waals surface area contributed by atoms with Gasteiger partial charge in [-0.25, -0.2) is 0 Å². The van der Waals surface area contributed by atoms with Crippen molar-refractivity contribution in [2.24, 2.45) is 0 Å². The van der Waals surface area contributed by atoms with Gasteiger partial charge in [0, 0.05) is 24.0 Å². The highest BCUT2D eigenvalue weighted by Crippen LogP contribution is 2.22. The van der Waals surface area contributed by atoms with E-state index in [1.54, 1.807) is 0 Å². The molecule has 3 nitrogen and oxygen atoms in total. The van der Waals surface area contributed by atoms with Gasteiger partial charge in [-0.3, -0.25) is 4.98 Å². The molecule has 0 unspecified atom stereocenters. The van der Waals surface area contributed by atoms with Crippen LogP contribution >= 0.6 is 0 Å². The number of rotatable bonds is 5. The SMILES string of the molecule is CCNc1ccnc(-c2ccc(OCC)cc2)c1. The van der Waals surface area contributed by atoms with E-state index in [4.69, 9.17) is 4.74 Å². The predicted octanol–water partition coefficient (Wildman–Crippen LogP) is 3.58. The zero-order chi connectivity index (χ0) is 12.8. The number of anilines is 1. The molecule has 3 heteroatoms. The van der Waals surface area contributed by atoms with Crippen molar-refractivity contribution >= 4 is 5.69 Å². The normalized spacial score (nSPS) is 10.1. The predicted molar refractivity (Wildman–Crippen MR) is 75.0 cm³/mol. The second kappa shape index (κ2) is 6.05. The van der Waals surface area contributed by atoms with Crippen LogP contribution in [0, 0.1) is 0 Å². The first-order chi connectivity index (χ1) is 8.83. The molecule has 94 valence electrons. The highest BCUT2D eigenvalue weighted by molar-refractivity contribution is 5.64. The Balaban J connectivity index is 2.22. The summed E-state index contributed by atoms with van der Waals surface area (Å²) in [6.07, 6.45) is 1.82. The van der Waals surface area contributed by atoms with Crippen molar-refractivity contribution in [1.29, 1.82) is 0 Å². The van der Waals surface area contributed by atoms with Crippen LogP contribution in [0.5, 0.6) is 5.75 Å². The molecule has 0 saturated carbocycles. The molecule has 0 saturated heterocycles. The first-order valence-corrected chi connectivity index (χ1v) is 6.26. The first kappa shape index (κ1) is 12.4. The van der Waals surface area contributed by atoms with Crippen LogP contribution in [0.25, 0.3) is 11.3 Å². The number of benzene rings is 1. The van der Waals surface area contributed by atoms with Crippen LogP contribution in [0.15, 0.2) is 42.6 Å². The third-order valence-corrected chi connectivity index (χ3v) is 2.60. The Kier molecular flexibility index (Phi) is 4.18. The minimum absolute atomic E-state index is 0.688. The molecule has 0 radical (unpaired) electrons. The fraction of sp³-hybridized carbons (Fsp3) is 0.267. The lowest BCUT2D eigenvalue weighted by Crippen LogP contribution is -1.97. The summed E-state index contributed by atoms with van der Waals surface area (Å²) in [6.45, 7) is 5.66. The number of ether oxygens (including phenoxy) is 1. The topological polar surface area (TPSA) is 34.2 Å². The molecule has 0 bridgehead atoms. The highest BCUT2D eigenvalue weighted by atomic mass is 16.5. The lowest BCUT2D eigenvalue weighted by Gasteiger charge is -2.07. The maximum absolute atomic E-state index is 5.43. The Morgan fingerprint density at radius 3 is 2.56 bits per heavy atom. The molecule has 0 fully saturated rings. The van der Waals surface area contributed by atoms with Gasteiger partial charge in [0.05, 0.1) is 12.3 Å². The van der Waals surface area contributed by atoms with Crippen LogP contribution in [0.1, 0.15) is 13.8 Å². The monoisotopic (exact) mass is 242 g/mol. The smallest absolute Gasteiger partial charge is 0.119 e. The van der Waals surface area contributed by atoms with Gasteiger partial charge in [-0.2, -0.15) is 0 Å². The number of pyridine rings is 1. The van der Waals surface area contributed by atoms with Crippen LogP contribution in [0.3, 0.4) is 0 Å². The first-order valence-electron chi connectivity index (χ1n) is 6.26. The van der Waals surface area contributed by atoms with E-state index >= 15 is 0 Å². The molecule has 0 amide bonds. The van der Waals surface area contributed by atoms with Gasteiger partial charge in [0.1, 0.15) is 5.75 Å². The Morgan fingerprint density at radius 2 is 1.89 bits per heavy atom. The Morgan fingerprint density at radius 1 is 1.11 bits per heavy atom. The number of aromatic nitrogens is 1. The lowest BCUT2D eigenvalue weighted by molar-refractivity contribution is 0.340. The zero-order valence-electron chi connectivity index (χ0n) is 10.8. The highest BCUT2D eigenvalue weighted by Gasteiger charge is 2.01. The molecule has 0 spiro atoms. The summed E-state index contributed by atoms with van der Waals surface area (Å²) < 4.78 is 5.43. The van der Waals surface area contributed by atoms with Gasteiger partial charge in [-0.1, -0.05) is 0 Å². The minimum Gasteiger partial charge on any atom is -0.494 e. The lowest BCUT2D eigenvalue weighted by atomic mass is 10.1. The molecule has 1 N–H and O–H groups in total. The van der Waals surface area contributed by atoms with E-state index in [1.165, 1.54) is 0 Å². The average molecular weight is 242 g/mol. The fourth-order valence-electron chi connectivity index (χ4n) is 1.79. The van der Waals surface area contributed by atoms with Gasteiger partial charge in [0.15, 0.2) is 0 Å². The second-order valence-electron chi connectivity index (χ2n) is 3.92. The third kappa shape index (κ3) is 3.00. The van der Waals surface area contributed by atoms with E-state index < -0.39 is 0 Å². The number of hydrogen-bond acceptors (Lipinski definition) is 3. The van der Waals surface area contributed by atoms with Gasteiger partial charge in [0.25, 0.3) is 0 Å². The molecule has 1 heterocycles. The van der Waals surface area contributed by atoms with Crippen LogP contribution in [0.2, 0.25) is 0 Å². The van der Waals surface area contributed by atoms with Crippen molar-refractivity contribution in [2.75, 3.05) is 18.5 Å². The molecule has 18 heavy (non-hydrogen) atoms. The molecule has 2 aromatic rings. The minimum atomic E-state index is 0.688. The quantitative estimate of drug-likeness (QED) is 0.870. The standard InChI is InChI=1S/C15H18N2O/c1-3-16-13-9-10-17-15(11-13)12-5-7-14(8-6-12)18-4-2/h5-11H,3-4H2,1-2H3,(H,16,17). The van der Waals surface area contributed by atoms with E-state index in [0.29, 0.717) is 6.61 Å². The molecule has 1 aromatic carbocycles. The molecule has 1 aromatic heterocycles. The molecular formula is C15H18N2O. The summed E-state index contributed by atoms with van der Waals surface area (Å²) in [5.74, 6) is 0.893. The Bertz CT molecular complexity index is 494. The van der Waals surface area contributed by atoms with Crippen molar-refractivity contribution in [3.63, 3.8) is 0 Å². The summed E-state index contributed by atoms with van der Waals surface area (Å²) in [6, 6.07) is 12.0. The van der Waals surface area contributed by atoms with E-state index in [2.05, 4.69) is 23.3 Å². The molecule has 0 aliphatic carbocycles. The van der Waals surface area contributed by atoms with Gasteiger partial charge >= 0.3 is 0 Å². The summed E-state index contributed by atoms with van der Waals surface area (Å²) in [4.78, 5) is 4.39. The summed E-state index contributed by atoms with van der Waals surface area (Å²) in [7, 11) is 0. The zero-order valence-corrected chi connectivity index (χ0v) is 10.8. The molecule has 0 atom stereocenters. The molecule has 2 rings (SSSR count). The van der Waals surface area contributed by atoms with Gasteiger partial charge in [-0.15, -0.1) is 0 Å². The summed E-state index contributed by atoms with van der Waals surface area (Å²) in [5, 5.41) is 3.28. The van der Waals surface area contributed by atoms with Crippen molar-refractivity contribution < 1.29 is 4.74 Å². The number of nitrogens with zero attached hydrogens (tertiary/aromatic N) is 1. The third-order valence-electron chi connectivity index (χ3n) is 2.60. The van der Waals surface area contributed by atoms with Gasteiger partial charge in [-0.05, 0) is 50.2 Å². The molecule has 0 aliphatic heterocycles. The average Bonchev–Trinajstić information content (AvgIpc) is 2.41. The van der Waals surface area contributed by atoms with E-state index in [9.17, 15) is 0 Å². The molecular weight excluding hydrogens is 224 g/mol. The largest absolute Gasteiger partial charge is 0.494 e. The fourth-order valence-corrected chi connectivity index (χ4v) is 1.79. The van der Waals surface area contributed by atoms with Crippen molar-refractivity contribution in [3.05, 3.63) is 42.6 Å². The van der Waals surface area contributed by atoms with Crippen molar-refractivity contribution in [3.8, 4) is 17.0 Å². The van der Waals surface area contributed by atoms with Crippen molar-refractivity contribution in [1.82, 2.24) is 4.98 Å². The summed E-state index contributed by atoms with van der Waals surface area (Å²) in [5.41, 5.74) is 3.16. The van der Waals surface area contributed by atoms with Crippen LogP contribution in [-0.4, -0.2) is 18.1 Å². The Hall–Kier alpha value is -2.03. The van der Waals surface area contributed by atoms with Gasteiger partial charge in [0.2, 0.25) is 0 Å². The van der Waals surface area contributed by atoms with Crippen molar-refractivity contribution in [2.45, 2.75) is 13.8 Å². The number of hydrogen-bond donors (Lipinski definition) is 1.